The number of rotatable bonds is 3. The molecule has 0 saturated heterocycles. The molecule has 20 heavy (non-hydrogen) atoms. The molecule has 2 aromatic carbocycles. The zero-order valence-corrected chi connectivity index (χ0v) is 10.6. The molecule has 0 spiro atoms. The van der Waals surface area contributed by atoms with Gasteiger partial charge in [0.25, 0.3) is 0 Å². The second-order valence-electron chi connectivity index (χ2n) is 4.10. The number of ether oxygens (including phenoxy) is 1. The number of aromatic carboxylic acids is 1. The second kappa shape index (κ2) is 5.52. The summed E-state index contributed by atoms with van der Waals surface area (Å²) in [5.74, 6) is -2.30. The van der Waals surface area contributed by atoms with Crippen LogP contribution in [-0.2, 0) is 4.74 Å². The van der Waals surface area contributed by atoms with Crippen molar-refractivity contribution >= 4 is 11.9 Å². The Labute approximate surface area is 114 Å². The van der Waals surface area contributed by atoms with Crippen LogP contribution in [0.25, 0.3) is 11.1 Å². The fraction of sp³-hybridized carbons (Fsp3) is 0.0667. The van der Waals surface area contributed by atoms with E-state index in [1.807, 2.05) is 0 Å². The number of carbonyl (C=O) groups is 2. The Balaban J connectivity index is 2.41. The topological polar surface area (TPSA) is 63.6 Å². The van der Waals surface area contributed by atoms with Gasteiger partial charge in [0.2, 0.25) is 0 Å². The van der Waals surface area contributed by atoms with Gasteiger partial charge in [-0.1, -0.05) is 12.1 Å². The minimum Gasteiger partial charge on any atom is -0.478 e. The number of carbonyl (C=O) groups excluding carboxylic acids is 1. The smallest absolute Gasteiger partial charge is 0.337 e. The van der Waals surface area contributed by atoms with Gasteiger partial charge in [-0.2, -0.15) is 0 Å². The maximum absolute atomic E-state index is 13.4. The van der Waals surface area contributed by atoms with Gasteiger partial charge in [-0.3, -0.25) is 0 Å². The van der Waals surface area contributed by atoms with Gasteiger partial charge in [0.15, 0.2) is 0 Å². The molecule has 0 heterocycles. The largest absolute Gasteiger partial charge is 0.478 e. The number of carboxylic acid groups (broad SMARTS) is 1. The van der Waals surface area contributed by atoms with Crippen LogP contribution in [-0.4, -0.2) is 24.2 Å². The molecule has 0 aliphatic rings. The molecule has 0 aliphatic heterocycles. The third-order valence-electron chi connectivity index (χ3n) is 2.78. The molecular formula is C15H11FO4. The molecule has 0 amide bonds. The summed E-state index contributed by atoms with van der Waals surface area (Å²) in [6.07, 6.45) is 0. The number of esters is 1. The van der Waals surface area contributed by atoms with Crippen molar-refractivity contribution in [3.8, 4) is 11.1 Å². The van der Waals surface area contributed by atoms with E-state index < -0.39 is 17.8 Å². The highest BCUT2D eigenvalue weighted by atomic mass is 19.1. The molecule has 0 aliphatic carbocycles. The summed E-state index contributed by atoms with van der Waals surface area (Å²) in [6.45, 7) is 0. The summed E-state index contributed by atoms with van der Waals surface area (Å²) in [5, 5.41) is 8.90. The van der Waals surface area contributed by atoms with Crippen molar-refractivity contribution in [2.75, 3.05) is 7.11 Å². The van der Waals surface area contributed by atoms with Gasteiger partial charge < -0.3 is 9.84 Å². The van der Waals surface area contributed by atoms with Gasteiger partial charge in [-0.05, 0) is 41.5 Å². The molecule has 2 rings (SSSR count). The first-order chi connectivity index (χ1) is 9.51. The standard InChI is InChI=1S/C15H11FO4/c1-20-15(19)10-4-2-9(3-5-10)11-6-12(14(17)18)8-13(16)7-11/h2-8H,1H3,(H,17,18). The Morgan fingerprint density at radius 2 is 1.65 bits per heavy atom. The average Bonchev–Trinajstić information content (AvgIpc) is 2.46. The summed E-state index contributed by atoms with van der Waals surface area (Å²) in [4.78, 5) is 22.2. The SMILES string of the molecule is COC(=O)c1ccc(-c2cc(F)cc(C(=O)O)c2)cc1. The lowest BCUT2D eigenvalue weighted by Crippen LogP contribution is -2.00. The average molecular weight is 274 g/mol. The highest BCUT2D eigenvalue weighted by molar-refractivity contribution is 5.91. The van der Waals surface area contributed by atoms with Crippen LogP contribution in [0.1, 0.15) is 20.7 Å². The van der Waals surface area contributed by atoms with Crippen LogP contribution in [0.4, 0.5) is 4.39 Å². The number of methoxy groups -OCH3 is 1. The Morgan fingerprint density at radius 1 is 1.00 bits per heavy atom. The van der Waals surface area contributed by atoms with Crippen molar-refractivity contribution in [2.24, 2.45) is 0 Å². The zero-order valence-electron chi connectivity index (χ0n) is 10.6. The molecular weight excluding hydrogens is 263 g/mol. The van der Waals surface area contributed by atoms with E-state index in [2.05, 4.69) is 4.74 Å². The molecule has 1 N–H and O–H groups in total. The van der Waals surface area contributed by atoms with E-state index in [9.17, 15) is 14.0 Å². The van der Waals surface area contributed by atoms with Crippen molar-refractivity contribution in [3.63, 3.8) is 0 Å². The molecule has 0 bridgehead atoms. The van der Waals surface area contributed by atoms with E-state index in [-0.39, 0.29) is 5.56 Å². The third-order valence-corrected chi connectivity index (χ3v) is 2.78. The minimum atomic E-state index is -1.20. The van der Waals surface area contributed by atoms with Crippen LogP contribution < -0.4 is 0 Å². The first-order valence-electron chi connectivity index (χ1n) is 5.74. The zero-order chi connectivity index (χ0) is 14.7. The maximum atomic E-state index is 13.4. The lowest BCUT2D eigenvalue weighted by atomic mass is 10.0. The van der Waals surface area contributed by atoms with Crippen molar-refractivity contribution < 1.29 is 23.8 Å². The highest BCUT2D eigenvalue weighted by Gasteiger charge is 2.10. The Hall–Kier alpha value is -2.69. The van der Waals surface area contributed by atoms with E-state index in [1.165, 1.54) is 31.4 Å². The molecule has 4 nitrogen and oxygen atoms in total. The number of halogens is 1. The Kier molecular flexibility index (Phi) is 3.79. The van der Waals surface area contributed by atoms with Crippen molar-refractivity contribution in [3.05, 3.63) is 59.4 Å². The molecule has 102 valence electrons. The van der Waals surface area contributed by atoms with Crippen LogP contribution in [0.3, 0.4) is 0 Å². The van der Waals surface area contributed by atoms with Crippen LogP contribution in [0.15, 0.2) is 42.5 Å². The molecule has 0 saturated carbocycles. The van der Waals surface area contributed by atoms with Gasteiger partial charge in [-0.15, -0.1) is 0 Å². The number of hydrogen-bond acceptors (Lipinski definition) is 3. The fourth-order valence-electron chi connectivity index (χ4n) is 1.80. The number of hydrogen-bond donors (Lipinski definition) is 1. The van der Waals surface area contributed by atoms with Gasteiger partial charge in [-0.25, -0.2) is 14.0 Å². The van der Waals surface area contributed by atoms with Gasteiger partial charge >= 0.3 is 11.9 Å². The monoisotopic (exact) mass is 274 g/mol. The lowest BCUT2D eigenvalue weighted by molar-refractivity contribution is 0.0600. The quantitative estimate of drug-likeness (QED) is 0.874. The summed E-state index contributed by atoms with van der Waals surface area (Å²) < 4.78 is 18.0. The molecule has 0 radical (unpaired) electrons. The molecule has 0 aromatic heterocycles. The van der Waals surface area contributed by atoms with Crippen molar-refractivity contribution in [1.29, 1.82) is 0 Å². The van der Waals surface area contributed by atoms with E-state index in [0.29, 0.717) is 16.7 Å². The first-order valence-corrected chi connectivity index (χ1v) is 5.74. The first kappa shape index (κ1) is 13.7. The second-order valence-corrected chi connectivity index (χ2v) is 4.10. The van der Waals surface area contributed by atoms with Crippen molar-refractivity contribution in [1.82, 2.24) is 0 Å². The molecule has 0 fully saturated rings. The van der Waals surface area contributed by atoms with Gasteiger partial charge in [0.05, 0.1) is 18.2 Å². The predicted molar refractivity (Wildman–Crippen MR) is 70.1 cm³/mol. The summed E-state index contributed by atoms with van der Waals surface area (Å²) in [7, 11) is 1.28. The molecule has 0 atom stereocenters. The van der Waals surface area contributed by atoms with Crippen LogP contribution in [0.2, 0.25) is 0 Å². The van der Waals surface area contributed by atoms with E-state index in [4.69, 9.17) is 5.11 Å². The van der Waals surface area contributed by atoms with Gasteiger partial charge in [0, 0.05) is 0 Å². The van der Waals surface area contributed by atoms with E-state index >= 15 is 0 Å². The summed E-state index contributed by atoms with van der Waals surface area (Å²) in [5.41, 5.74) is 1.28. The van der Waals surface area contributed by atoms with Crippen LogP contribution >= 0.6 is 0 Å². The fourth-order valence-corrected chi connectivity index (χ4v) is 1.80. The van der Waals surface area contributed by atoms with E-state index in [0.717, 1.165) is 6.07 Å². The van der Waals surface area contributed by atoms with E-state index in [1.54, 1.807) is 12.1 Å². The van der Waals surface area contributed by atoms with Crippen LogP contribution in [0.5, 0.6) is 0 Å². The van der Waals surface area contributed by atoms with Crippen LogP contribution in [0, 0.1) is 5.82 Å². The highest BCUT2D eigenvalue weighted by Crippen LogP contribution is 2.23. The summed E-state index contributed by atoms with van der Waals surface area (Å²) in [6, 6.07) is 9.84. The number of benzene rings is 2. The molecule has 0 unspecified atom stereocenters. The normalized spacial score (nSPS) is 10.1. The minimum absolute atomic E-state index is 0.128. The molecule has 2 aromatic rings. The van der Waals surface area contributed by atoms with Gasteiger partial charge in [0.1, 0.15) is 5.82 Å². The Bertz CT molecular complexity index is 662. The predicted octanol–water partition coefficient (Wildman–Crippen LogP) is 2.98. The molecule has 5 heteroatoms. The number of carboxylic acids is 1. The lowest BCUT2D eigenvalue weighted by Gasteiger charge is -2.05. The maximum Gasteiger partial charge on any atom is 0.337 e. The summed E-state index contributed by atoms with van der Waals surface area (Å²) >= 11 is 0. The third kappa shape index (κ3) is 2.83. The van der Waals surface area contributed by atoms with Crippen molar-refractivity contribution in [2.45, 2.75) is 0 Å². The Morgan fingerprint density at radius 3 is 2.20 bits per heavy atom.